The van der Waals surface area contributed by atoms with Crippen LogP contribution in [0.25, 0.3) is 10.8 Å². The average Bonchev–Trinajstić information content (AvgIpc) is 2.83. The predicted octanol–water partition coefficient (Wildman–Crippen LogP) is 3.27. The highest BCUT2D eigenvalue weighted by Crippen LogP contribution is 2.24. The molecule has 162 valence electrons. The fourth-order valence-electron chi connectivity index (χ4n) is 3.39. The molecule has 32 heavy (non-hydrogen) atoms. The van der Waals surface area contributed by atoms with Gasteiger partial charge < -0.3 is 20.0 Å². The Morgan fingerprint density at radius 2 is 1.56 bits per heavy atom. The highest BCUT2D eigenvalue weighted by molar-refractivity contribution is 6.08. The molecule has 0 radical (unpaired) electrons. The van der Waals surface area contributed by atoms with Gasteiger partial charge in [0.05, 0.1) is 12.5 Å². The molecule has 2 N–H and O–H groups in total. The van der Waals surface area contributed by atoms with E-state index in [1.165, 1.54) is 0 Å². The van der Waals surface area contributed by atoms with Crippen LogP contribution in [0.4, 0.5) is 0 Å². The predicted molar refractivity (Wildman–Crippen MR) is 121 cm³/mol. The Labute approximate surface area is 184 Å². The summed E-state index contributed by atoms with van der Waals surface area (Å²) in [6.07, 6.45) is 0. The normalized spacial score (nSPS) is 10.7. The molecule has 0 bridgehead atoms. The number of carbonyl (C=O) groups excluding carboxylic acids is 1. The lowest BCUT2D eigenvalue weighted by molar-refractivity contribution is 0.0698. The van der Waals surface area contributed by atoms with E-state index in [4.69, 9.17) is 9.57 Å². The summed E-state index contributed by atoms with van der Waals surface area (Å²) >= 11 is 0. The van der Waals surface area contributed by atoms with Gasteiger partial charge in [-0.2, -0.15) is 0 Å². The molecule has 1 heterocycles. The number of rotatable bonds is 7. The fourth-order valence-corrected chi connectivity index (χ4v) is 3.39. The number of methoxy groups -OCH3 is 1. The molecule has 0 fully saturated rings. The largest absolute Gasteiger partial charge is 0.497 e. The summed E-state index contributed by atoms with van der Waals surface area (Å²) in [4.78, 5) is 31.6. The van der Waals surface area contributed by atoms with Gasteiger partial charge in [0.25, 0.3) is 11.5 Å². The van der Waals surface area contributed by atoms with E-state index in [0.717, 1.165) is 15.9 Å². The van der Waals surface area contributed by atoms with Crippen LogP contribution in [0.5, 0.6) is 11.6 Å². The van der Waals surface area contributed by atoms with Crippen molar-refractivity contribution in [3.05, 3.63) is 106 Å². The molecule has 1 aromatic heterocycles. The lowest BCUT2D eigenvalue weighted by Gasteiger charge is -2.16. The minimum absolute atomic E-state index is 0.0261. The molecular weight excluding hydrogens is 408 g/mol. The first-order chi connectivity index (χ1) is 15.6. The van der Waals surface area contributed by atoms with Gasteiger partial charge in [-0.25, -0.2) is 0 Å². The van der Waals surface area contributed by atoms with Crippen LogP contribution >= 0.6 is 0 Å². The molecule has 0 atom stereocenters. The third-order valence-corrected chi connectivity index (χ3v) is 5.07. The number of aromatic nitrogens is 1. The van der Waals surface area contributed by atoms with Crippen LogP contribution in [0.1, 0.15) is 21.5 Å². The monoisotopic (exact) mass is 430 g/mol. The van der Waals surface area contributed by atoms with Crippen molar-refractivity contribution in [3.63, 3.8) is 0 Å². The zero-order chi connectivity index (χ0) is 22.5. The summed E-state index contributed by atoms with van der Waals surface area (Å²) in [5, 5.41) is 14.3. The molecule has 3 aromatic carbocycles. The Kier molecular flexibility index (Phi) is 6.07. The summed E-state index contributed by atoms with van der Waals surface area (Å²) in [6.45, 7) is 0.292. The zero-order valence-corrected chi connectivity index (χ0v) is 17.4. The molecular formula is C25H22N2O5. The van der Waals surface area contributed by atoms with Gasteiger partial charge in [0, 0.05) is 11.9 Å². The van der Waals surface area contributed by atoms with E-state index in [-0.39, 0.29) is 24.1 Å². The number of nitrogens with one attached hydrogen (secondary N) is 1. The quantitative estimate of drug-likeness (QED) is 0.470. The van der Waals surface area contributed by atoms with Crippen molar-refractivity contribution in [2.75, 3.05) is 7.11 Å². The Hall–Kier alpha value is -4.26. The highest BCUT2D eigenvalue weighted by Gasteiger charge is 2.22. The van der Waals surface area contributed by atoms with Crippen LogP contribution in [0, 0.1) is 0 Å². The van der Waals surface area contributed by atoms with Crippen molar-refractivity contribution in [1.29, 1.82) is 0 Å². The molecule has 1 amide bonds. The summed E-state index contributed by atoms with van der Waals surface area (Å²) < 4.78 is 5.92. The third kappa shape index (κ3) is 4.27. The smallest absolute Gasteiger partial charge is 0.294 e. The molecule has 0 aliphatic heterocycles. The van der Waals surface area contributed by atoms with E-state index in [1.807, 2.05) is 42.5 Å². The van der Waals surface area contributed by atoms with Crippen LogP contribution in [-0.2, 0) is 13.2 Å². The Balaban J connectivity index is 1.66. The number of nitrogens with zero attached hydrogens (tertiary/aromatic N) is 1. The average molecular weight is 430 g/mol. The molecule has 0 saturated heterocycles. The van der Waals surface area contributed by atoms with E-state index < -0.39 is 17.3 Å². The maximum Gasteiger partial charge on any atom is 0.294 e. The van der Waals surface area contributed by atoms with Crippen molar-refractivity contribution in [3.8, 4) is 11.6 Å². The van der Waals surface area contributed by atoms with E-state index >= 15 is 0 Å². The van der Waals surface area contributed by atoms with Crippen LogP contribution < -0.4 is 20.5 Å². The molecule has 4 aromatic rings. The van der Waals surface area contributed by atoms with Gasteiger partial charge in [0.15, 0.2) is 0 Å². The fraction of sp³-hybridized carbons (Fsp3) is 0.120. The maximum atomic E-state index is 13.0. The van der Waals surface area contributed by atoms with E-state index in [1.54, 1.807) is 43.5 Å². The number of aromatic hydroxyl groups is 1. The summed E-state index contributed by atoms with van der Waals surface area (Å²) in [5.41, 5.74) is 1.11. The first-order valence-corrected chi connectivity index (χ1v) is 10.0. The summed E-state index contributed by atoms with van der Waals surface area (Å²) in [7, 11) is 1.58. The molecule has 0 spiro atoms. The van der Waals surface area contributed by atoms with Crippen LogP contribution in [-0.4, -0.2) is 22.9 Å². The van der Waals surface area contributed by atoms with Gasteiger partial charge in [-0.1, -0.05) is 60.7 Å². The second kappa shape index (κ2) is 9.26. The Bertz CT molecular complexity index is 1300. The van der Waals surface area contributed by atoms with Gasteiger partial charge in [0.2, 0.25) is 5.88 Å². The second-order valence-corrected chi connectivity index (χ2v) is 7.13. The SMILES string of the molecule is COc1ccc(CNC(=O)c2c(O)n(OCc3ccccc3)c(=O)c3ccccc23)cc1. The van der Waals surface area contributed by atoms with Crippen LogP contribution in [0.2, 0.25) is 0 Å². The number of hydrogen-bond donors (Lipinski definition) is 2. The zero-order valence-electron chi connectivity index (χ0n) is 17.4. The minimum atomic E-state index is -0.545. The minimum Gasteiger partial charge on any atom is -0.497 e. The second-order valence-electron chi connectivity index (χ2n) is 7.13. The standard InChI is InChI=1S/C25H22N2O5/c1-31-19-13-11-17(12-14-19)15-26-23(28)22-20-9-5-6-10-21(20)24(29)27(25(22)30)32-16-18-7-3-2-4-8-18/h2-14,30H,15-16H2,1H3,(H,26,28). The van der Waals surface area contributed by atoms with E-state index in [2.05, 4.69) is 5.32 Å². The molecule has 0 aliphatic rings. The maximum absolute atomic E-state index is 13.0. The topological polar surface area (TPSA) is 89.8 Å². The van der Waals surface area contributed by atoms with Crippen molar-refractivity contribution in [2.45, 2.75) is 13.2 Å². The van der Waals surface area contributed by atoms with E-state index in [0.29, 0.717) is 11.1 Å². The lowest BCUT2D eigenvalue weighted by atomic mass is 10.1. The van der Waals surface area contributed by atoms with Gasteiger partial charge in [-0.15, -0.1) is 4.73 Å². The first kappa shape index (κ1) is 21.0. The molecule has 0 saturated carbocycles. The van der Waals surface area contributed by atoms with E-state index in [9.17, 15) is 14.7 Å². The van der Waals surface area contributed by atoms with Crippen molar-refractivity contribution >= 4 is 16.7 Å². The van der Waals surface area contributed by atoms with Crippen LogP contribution in [0.3, 0.4) is 0 Å². The molecule has 7 nitrogen and oxygen atoms in total. The number of hydrogen-bond acceptors (Lipinski definition) is 5. The number of carbonyl (C=O) groups is 1. The third-order valence-electron chi connectivity index (χ3n) is 5.07. The number of fused-ring (bicyclic) bond motifs is 1. The number of amides is 1. The highest BCUT2D eigenvalue weighted by atomic mass is 16.7. The van der Waals surface area contributed by atoms with Gasteiger partial charge in [-0.3, -0.25) is 9.59 Å². The van der Waals surface area contributed by atoms with Crippen molar-refractivity contribution in [2.24, 2.45) is 0 Å². The number of ether oxygens (including phenoxy) is 1. The summed E-state index contributed by atoms with van der Waals surface area (Å²) in [6, 6.07) is 23.1. The molecule has 0 aliphatic carbocycles. The lowest BCUT2D eigenvalue weighted by Crippen LogP contribution is -2.31. The van der Waals surface area contributed by atoms with Gasteiger partial charge in [-0.05, 0) is 29.3 Å². The first-order valence-electron chi connectivity index (χ1n) is 10.0. The summed E-state index contributed by atoms with van der Waals surface area (Å²) in [5.74, 6) is -0.352. The van der Waals surface area contributed by atoms with Gasteiger partial charge in [0.1, 0.15) is 17.9 Å². The molecule has 0 unspecified atom stereocenters. The van der Waals surface area contributed by atoms with Crippen molar-refractivity contribution < 1.29 is 19.5 Å². The van der Waals surface area contributed by atoms with Crippen LogP contribution in [0.15, 0.2) is 83.7 Å². The number of benzene rings is 3. The van der Waals surface area contributed by atoms with Gasteiger partial charge >= 0.3 is 0 Å². The number of pyridine rings is 1. The van der Waals surface area contributed by atoms with Crippen molar-refractivity contribution in [1.82, 2.24) is 10.0 Å². The molecule has 4 rings (SSSR count). The Morgan fingerprint density at radius 1 is 0.906 bits per heavy atom. The molecule has 7 heteroatoms. The Morgan fingerprint density at radius 3 is 2.25 bits per heavy atom.